The molecular formula is C22H20BrFN2O3. The summed E-state index contributed by atoms with van der Waals surface area (Å²) in [6.45, 7) is 2.34. The Kier molecular flexibility index (Phi) is 7.19. The second kappa shape index (κ2) is 10.0. The number of pyridine rings is 1. The molecule has 0 saturated heterocycles. The van der Waals surface area contributed by atoms with Gasteiger partial charge in [0, 0.05) is 12.7 Å². The maximum atomic E-state index is 13.2. The van der Waals surface area contributed by atoms with Crippen molar-refractivity contribution in [2.45, 2.75) is 26.2 Å². The standard InChI is InChI=1S/C22H20BrFN2O3/c1-15(29-21-9-8-17(24)12-20(21)23)22(27)26-13-16-5-4-7-19(11-16)28-14-18-6-2-3-10-25-18/h2-12,15H,13-14H2,1H3,(H,26,27). The van der Waals surface area contributed by atoms with Crippen LogP contribution in [0.3, 0.4) is 0 Å². The lowest BCUT2D eigenvalue weighted by atomic mass is 10.2. The Bertz CT molecular complexity index is 969. The van der Waals surface area contributed by atoms with Crippen LogP contribution in [0.25, 0.3) is 0 Å². The molecule has 0 bridgehead atoms. The van der Waals surface area contributed by atoms with Gasteiger partial charge in [0.1, 0.15) is 23.9 Å². The first kappa shape index (κ1) is 20.8. The van der Waals surface area contributed by atoms with Crippen molar-refractivity contribution in [1.29, 1.82) is 0 Å². The van der Waals surface area contributed by atoms with Crippen molar-refractivity contribution in [3.63, 3.8) is 0 Å². The molecular weight excluding hydrogens is 439 g/mol. The Labute approximate surface area is 177 Å². The predicted octanol–water partition coefficient (Wildman–Crippen LogP) is 4.65. The lowest BCUT2D eigenvalue weighted by molar-refractivity contribution is -0.127. The molecule has 29 heavy (non-hydrogen) atoms. The Morgan fingerprint density at radius 1 is 1.17 bits per heavy atom. The van der Waals surface area contributed by atoms with E-state index >= 15 is 0 Å². The number of rotatable bonds is 8. The van der Waals surface area contributed by atoms with Gasteiger partial charge in [-0.15, -0.1) is 0 Å². The van der Waals surface area contributed by atoms with Crippen molar-refractivity contribution in [2.75, 3.05) is 0 Å². The summed E-state index contributed by atoms with van der Waals surface area (Å²) in [5, 5.41) is 2.83. The molecule has 1 heterocycles. The SMILES string of the molecule is CC(Oc1ccc(F)cc1Br)C(=O)NCc1cccc(OCc2ccccn2)c1. The minimum absolute atomic E-state index is 0.277. The second-order valence-electron chi connectivity index (χ2n) is 6.31. The number of nitrogens with one attached hydrogen (secondary N) is 1. The summed E-state index contributed by atoms with van der Waals surface area (Å²) < 4.78 is 25.0. The molecule has 1 aromatic heterocycles. The lowest BCUT2D eigenvalue weighted by Crippen LogP contribution is -2.36. The number of hydrogen-bond acceptors (Lipinski definition) is 4. The highest BCUT2D eigenvalue weighted by Crippen LogP contribution is 2.26. The minimum atomic E-state index is -0.736. The molecule has 0 aliphatic heterocycles. The van der Waals surface area contributed by atoms with Gasteiger partial charge in [-0.25, -0.2) is 4.39 Å². The van der Waals surface area contributed by atoms with Crippen LogP contribution in [0.2, 0.25) is 0 Å². The molecule has 3 aromatic rings. The van der Waals surface area contributed by atoms with Gasteiger partial charge in [0.25, 0.3) is 5.91 Å². The molecule has 0 aliphatic carbocycles. The number of carbonyl (C=O) groups excluding carboxylic acids is 1. The van der Waals surface area contributed by atoms with Gasteiger partial charge in [-0.05, 0) is 70.9 Å². The number of benzene rings is 2. The highest BCUT2D eigenvalue weighted by atomic mass is 79.9. The van der Waals surface area contributed by atoms with Crippen molar-refractivity contribution < 1.29 is 18.7 Å². The summed E-state index contributed by atoms with van der Waals surface area (Å²) in [6.07, 6.45) is 0.985. The third-order valence-electron chi connectivity index (χ3n) is 4.04. The quantitative estimate of drug-likeness (QED) is 0.533. The minimum Gasteiger partial charge on any atom is -0.487 e. The van der Waals surface area contributed by atoms with Crippen LogP contribution in [0.15, 0.2) is 71.3 Å². The number of amides is 1. The summed E-state index contributed by atoms with van der Waals surface area (Å²) in [5.41, 5.74) is 1.73. The Hall–Kier alpha value is -2.93. The Morgan fingerprint density at radius 2 is 2.03 bits per heavy atom. The van der Waals surface area contributed by atoms with E-state index in [2.05, 4.69) is 26.2 Å². The molecule has 150 valence electrons. The zero-order chi connectivity index (χ0) is 20.6. The normalized spacial score (nSPS) is 11.6. The summed E-state index contributed by atoms with van der Waals surface area (Å²) in [7, 11) is 0. The first-order valence-electron chi connectivity index (χ1n) is 9.02. The number of carbonyl (C=O) groups is 1. The molecule has 0 aliphatic rings. The summed E-state index contributed by atoms with van der Waals surface area (Å²) >= 11 is 3.22. The third kappa shape index (κ3) is 6.29. The van der Waals surface area contributed by atoms with Gasteiger partial charge in [0.15, 0.2) is 6.10 Å². The average molecular weight is 459 g/mol. The Balaban J connectivity index is 1.51. The molecule has 0 saturated carbocycles. The van der Waals surface area contributed by atoms with Crippen molar-refractivity contribution in [3.05, 3.63) is 88.4 Å². The fourth-order valence-electron chi connectivity index (χ4n) is 2.53. The van der Waals surface area contributed by atoms with Crippen LogP contribution >= 0.6 is 15.9 Å². The van der Waals surface area contributed by atoms with Crippen LogP contribution in [-0.2, 0) is 17.9 Å². The van der Waals surface area contributed by atoms with Crippen LogP contribution in [-0.4, -0.2) is 17.0 Å². The number of hydrogen-bond donors (Lipinski definition) is 1. The van der Waals surface area contributed by atoms with E-state index in [4.69, 9.17) is 9.47 Å². The van der Waals surface area contributed by atoms with Crippen molar-refractivity contribution in [3.8, 4) is 11.5 Å². The molecule has 1 unspecified atom stereocenters. The van der Waals surface area contributed by atoms with Crippen LogP contribution < -0.4 is 14.8 Å². The smallest absolute Gasteiger partial charge is 0.261 e. The van der Waals surface area contributed by atoms with Crippen LogP contribution in [0.1, 0.15) is 18.2 Å². The largest absolute Gasteiger partial charge is 0.487 e. The summed E-state index contributed by atoms with van der Waals surface area (Å²) in [5.74, 6) is 0.438. The second-order valence-corrected chi connectivity index (χ2v) is 7.16. The topological polar surface area (TPSA) is 60.5 Å². The van der Waals surface area contributed by atoms with Gasteiger partial charge in [0.2, 0.25) is 0 Å². The maximum absolute atomic E-state index is 13.2. The molecule has 1 atom stereocenters. The number of ether oxygens (including phenoxy) is 2. The molecule has 2 aromatic carbocycles. The molecule has 1 N–H and O–H groups in total. The molecule has 7 heteroatoms. The third-order valence-corrected chi connectivity index (χ3v) is 4.66. The predicted molar refractivity (Wildman–Crippen MR) is 111 cm³/mol. The zero-order valence-electron chi connectivity index (χ0n) is 15.8. The zero-order valence-corrected chi connectivity index (χ0v) is 17.4. The van der Waals surface area contributed by atoms with Gasteiger partial charge in [0.05, 0.1) is 10.2 Å². The summed E-state index contributed by atoms with van der Waals surface area (Å²) in [4.78, 5) is 16.6. The van der Waals surface area contributed by atoms with Crippen LogP contribution in [0, 0.1) is 5.82 Å². The highest BCUT2D eigenvalue weighted by molar-refractivity contribution is 9.10. The summed E-state index contributed by atoms with van der Waals surface area (Å²) in [6, 6.07) is 17.2. The first-order valence-corrected chi connectivity index (χ1v) is 9.81. The van der Waals surface area contributed by atoms with Crippen molar-refractivity contribution in [1.82, 2.24) is 10.3 Å². The van der Waals surface area contributed by atoms with E-state index in [1.807, 2.05) is 42.5 Å². The van der Waals surface area contributed by atoms with E-state index in [1.54, 1.807) is 13.1 Å². The Morgan fingerprint density at radius 3 is 2.79 bits per heavy atom. The van der Waals surface area contributed by atoms with E-state index < -0.39 is 6.10 Å². The van der Waals surface area contributed by atoms with Gasteiger partial charge >= 0.3 is 0 Å². The average Bonchev–Trinajstić information content (AvgIpc) is 2.73. The molecule has 0 spiro atoms. The van der Waals surface area contributed by atoms with Crippen molar-refractivity contribution in [2.24, 2.45) is 0 Å². The molecule has 3 rings (SSSR count). The van der Waals surface area contributed by atoms with Gasteiger partial charge in [-0.1, -0.05) is 18.2 Å². The fourth-order valence-corrected chi connectivity index (χ4v) is 2.98. The fraction of sp³-hybridized carbons (Fsp3) is 0.182. The van der Waals surface area contributed by atoms with E-state index in [9.17, 15) is 9.18 Å². The molecule has 5 nitrogen and oxygen atoms in total. The van der Waals surface area contributed by atoms with Crippen LogP contribution in [0.4, 0.5) is 4.39 Å². The van der Waals surface area contributed by atoms with Crippen molar-refractivity contribution >= 4 is 21.8 Å². The maximum Gasteiger partial charge on any atom is 0.261 e. The van der Waals surface area contributed by atoms with Gasteiger partial charge in [-0.2, -0.15) is 0 Å². The monoisotopic (exact) mass is 458 g/mol. The van der Waals surface area contributed by atoms with E-state index in [-0.39, 0.29) is 11.7 Å². The number of halogens is 2. The van der Waals surface area contributed by atoms with E-state index in [1.165, 1.54) is 18.2 Å². The van der Waals surface area contributed by atoms with Crippen LogP contribution in [0.5, 0.6) is 11.5 Å². The van der Waals surface area contributed by atoms with E-state index in [0.717, 1.165) is 11.3 Å². The molecule has 0 radical (unpaired) electrons. The number of nitrogens with zero attached hydrogens (tertiary/aromatic N) is 1. The number of aromatic nitrogens is 1. The first-order chi connectivity index (χ1) is 14.0. The van der Waals surface area contributed by atoms with Gasteiger partial charge in [-0.3, -0.25) is 9.78 Å². The molecule has 1 amide bonds. The van der Waals surface area contributed by atoms with Gasteiger partial charge < -0.3 is 14.8 Å². The van der Waals surface area contributed by atoms with E-state index in [0.29, 0.717) is 29.1 Å². The highest BCUT2D eigenvalue weighted by Gasteiger charge is 2.16. The lowest BCUT2D eigenvalue weighted by Gasteiger charge is -2.16. The molecule has 0 fully saturated rings.